The first-order valence-corrected chi connectivity index (χ1v) is 16.2. The summed E-state index contributed by atoms with van der Waals surface area (Å²) in [5, 5.41) is 0. The number of thiazole rings is 1. The number of hydrogen-bond acceptors (Lipinski definition) is 6. The molecule has 1 aliphatic carbocycles. The van der Waals surface area contributed by atoms with E-state index in [1.165, 1.54) is 39.9 Å². The maximum atomic E-state index is 13.1. The number of carbonyl (C=O) groups is 1. The predicted molar refractivity (Wildman–Crippen MR) is 141 cm³/mol. The van der Waals surface area contributed by atoms with Crippen LogP contribution in [0, 0.1) is 0 Å². The number of sulfonamides is 1. The first-order valence-electron chi connectivity index (χ1n) is 12.0. The molecule has 1 fully saturated rings. The van der Waals surface area contributed by atoms with Gasteiger partial charge in [-0.25, -0.2) is 16.8 Å². The molecule has 1 aliphatic rings. The summed E-state index contributed by atoms with van der Waals surface area (Å²) in [6.45, 7) is 2.63. The van der Waals surface area contributed by atoms with Crippen LogP contribution in [0.1, 0.15) is 55.8 Å². The summed E-state index contributed by atoms with van der Waals surface area (Å²) < 4.78 is 54.2. The van der Waals surface area contributed by atoms with E-state index in [1.54, 1.807) is 25.2 Å². The number of nitrogens with zero attached hydrogens (tertiary/aromatic N) is 3. The maximum absolute atomic E-state index is 13.1. The van der Waals surface area contributed by atoms with Gasteiger partial charge in [0.1, 0.15) is 0 Å². The number of aryl methyl sites for hydroxylation is 1. The Morgan fingerprint density at radius 3 is 2.28 bits per heavy atom. The molecule has 0 unspecified atom stereocenters. The molecular formula is C25H31N3O5S3. The zero-order chi connectivity index (χ0) is 26.1. The van der Waals surface area contributed by atoms with E-state index in [9.17, 15) is 21.6 Å². The lowest BCUT2D eigenvalue weighted by Crippen LogP contribution is -2.38. The molecule has 2 aromatic carbocycles. The molecule has 1 heterocycles. The Labute approximate surface area is 216 Å². The van der Waals surface area contributed by atoms with Gasteiger partial charge in [0.25, 0.3) is 5.91 Å². The van der Waals surface area contributed by atoms with E-state index in [-0.39, 0.29) is 21.4 Å². The van der Waals surface area contributed by atoms with Gasteiger partial charge in [-0.1, -0.05) is 37.5 Å². The Bertz CT molecular complexity index is 1550. The van der Waals surface area contributed by atoms with Crippen LogP contribution in [-0.4, -0.2) is 51.0 Å². The van der Waals surface area contributed by atoms with Crippen LogP contribution >= 0.6 is 11.3 Å². The number of fused-ring (bicyclic) bond motifs is 1. The van der Waals surface area contributed by atoms with E-state index in [4.69, 9.17) is 0 Å². The third kappa shape index (κ3) is 5.49. The molecule has 0 bridgehead atoms. The average Bonchev–Trinajstić information content (AvgIpc) is 3.20. The van der Waals surface area contributed by atoms with Gasteiger partial charge in [0.15, 0.2) is 14.6 Å². The second-order valence-corrected chi connectivity index (χ2v) is 14.2. The molecule has 0 N–H and O–H groups in total. The van der Waals surface area contributed by atoms with Crippen molar-refractivity contribution in [3.63, 3.8) is 0 Å². The molecule has 36 heavy (non-hydrogen) atoms. The van der Waals surface area contributed by atoms with E-state index in [0.717, 1.165) is 55.0 Å². The minimum absolute atomic E-state index is 0.00485. The van der Waals surface area contributed by atoms with Crippen LogP contribution in [0.5, 0.6) is 0 Å². The van der Waals surface area contributed by atoms with Crippen LogP contribution in [0.15, 0.2) is 57.2 Å². The van der Waals surface area contributed by atoms with Crippen molar-refractivity contribution in [2.75, 3.05) is 13.3 Å². The van der Waals surface area contributed by atoms with Crippen molar-refractivity contribution in [3.8, 4) is 0 Å². The van der Waals surface area contributed by atoms with Gasteiger partial charge in [-0.05, 0) is 61.7 Å². The number of hydrogen-bond donors (Lipinski definition) is 0. The molecule has 3 aromatic rings. The zero-order valence-electron chi connectivity index (χ0n) is 20.7. The van der Waals surface area contributed by atoms with Crippen molar-refractivity contribution in [2.45, 2.75) is 67.8 Å². The van der Waals surface area contributed by atoms with Gasteiger partial charge >= 0.3 is 0 Å². The fourth-order valence-corrected chi connectivity index (χ4v) is 7.77. The van der Waals surface area contributed by atoms with E-state index >= 15 is 0 Å². The fraction of sp³-hybridized carbons (Fsp3) is 0.440. The van der Waals surface area contributed by atoms with Crippen LogP contribution in [-0.2, 0) is 26.4 Å². The van der Waals surface area contributed by atoms with Gasteiger partial charge in [-0.2, -0.15) is 9.30 Å². The highest BCUT2D eigenvalue weighted by molar-refractivity contribution is 7.90. The molecule has 8 nitrogen and oxygen atoms in total. The fourth-order valence-electron chi connectivity index (χ4n) is 4.54. The highest BCUT2D eigenvalue weighted by Crippen LogP contribution is 2.27. The predicted octanol–water partition coefficient (Wildman–Crippen LogP) is 4.21. The van der Waals surface area contributed by atoms with Crippen LogP contribution in [0.25, 0.3) is 10.2 Å². The number of aromatic nitrogens is 1. The van der Waals surface area contributed by atoms with Gasteiger partial charge < -0.3 is 4.57 Å². The Kier molecular flexibility index (Phi) is 7.84. The average molecular weight is 550 g/mol. The van der Waals surface area contributed by atoms with E-state index in [2.05, 4.69) is 4.99 Å². The molecule has 1 aromatic heterocycles. The highest BCUT2D eigenvalue weighted by atomic mass is 32.2. The quantitative estimate of drug-likeness (QED) is 0.439. The lowest BCUT2D eigenvalue weighted by Gasteiger charge is -2.30. The Balaban J connectivity index is 1.65. The monoisotopic (exact) mass is 549 g/mol. The molecule has 0 radical (unpaired) electrons. The number of amides is 1. The van der Waals surface area contributed by atoms with Crippen molar-refractivity contribution in [1.82, 2.24) is 8.87 Å². The lowest BCUT2D eigenvalue weighted by molar-refractivity contribution is 0.0997. The second kappa shape index (κ2) is 10.6. The van der Waals surface area contributed by atoms with Gasteiger partial charge in [-0.15, -0.1) is 0 Å². The minimum atomic E-state index is -3.65. The smallest absolute Gasteiger partial charge is 0.279 e. The van der Waals surface area contributed by atoms with E-state index in [0.29, 0.717) is 11.3 Å². The largest absolute Gasteiger partial charge is 0.316 e. The molecule has 0 spiro atoms. The third-order valence-electron chi connectivity index (χ3n) is 6.59. The Morgan fingerprint density at radius 2 is 1.67 bits per heavy atom. The van der Waals surface area contributed by atoms with Crippen molar-refractivity contribution < 1.29 is 21.6 Å². The Morgan fingerprint density at radius 1 is 1.03 bits per heavy atom. The molecule has 0 atom stereocenters. The summed E-state index contributed by atoms with van der Waals surface area (Å²) in [4.78, 5) is 18.1. The SMILES string of the molecule is CCCn1c(=NC(=O)c2ccc(S(=O)(=O)N(C)C3CCCCC3)cc2)sc2cc(S(C)(=O)=O)ccc21. The zero-order valence-corrected chi connectivity index (χ0v) is 23.1. The van der Waals surface area contributed by atoms with Gasteiger partial charge in [0.2, 0.25) is 10.0 Å². The summed E-state index contributed by atoms with van der Waals surface area (Å²) >= 11 is 1.25. The van der Waals surface area contributed by atoms with Crippen LogP contribution in [0.4, 0.5) is 0 Å². The number of benzene rings is 2. The van der Waals surface area contributed by atoms with Gasteiger partial charge in [-0.3, -0.25) is 4.79 Å². The van der Waals surface area contributed by atoms with Crippen molar-refractivity contribution in [2.24, 2.45) is 4.99 Å². The number of carbonyl (C=O) groups excluding carboxylic acids is 1. The minimum Gasteiger partial charge on any atom is -0.316 e. The van der Waals surface area contributed by atoms with Crippen molar-refractivity contribution in [1.29, 1.82) is 0 Å². The summed E-state index contributed by atoms with van der Waals surface area (Å²) in [7, 11) is -5.38. The molecule has 4 rings (SSSR count). The summed E-state index contributed by atoms with van der Waals surface area (Å²) in [6.07, 6.45) is 6.90. The molecule has 0 aliphatic heterocycles. The molecule has 1 amide bonds. The lowest BCUT2D eigenvalue weighted by atomic mass is 9.96. The number of sulfone groups is 1. The van der Waals surface area contributed by atoms with Crippen molar-refractivity contribution in [3.05, 3.63) is 52.8 Å². The van der Waals surface area contributed by atoms with Crippen LogP contribution in [0.2, 0.25) is 0 Å². The topological polar surface area (TPSA) is 106 Å². The second-order valence-electron chi connectivity index (χ2n) is 9.19. The highest BCUT2D eigenvalue weighted by Gasteiger charge is 2.29. The van der Waals surface area contributed by atoms with E-state index in [1.807, 2.05) is 11.5 Å². The summed E-state index contributed by atoms with van der Waals surface area (Å²) in [5.41, 5.74) is 1.10. The van der Waals surface area contributed by atoms with E-state index < -0.39 is 25.8 Å². The maximum Gasteiger partial charge on any atom is 0.279 e. The standard InChI is InChI=1S/C25H31N3O5S3/c1-4-16-28-22-15-14-21(35(3,30)31)17-23(22)34-25(28)26-24(29)18-10-12-20(13-11-18)36(32,33)27(2)19-8-6-5-7-9-19/h10-15,17,19H,4-9,16H2,1-3H3. The van der Waals surface area contributed by atoms with Crippen LogP contribution < -0.4 is 4.80 Å². The summed E-state index contributed by atoms with van der Waals surface area (Å²) in [5.74, 6) is -0.487. The molecule has 1 saturated carbocycles. The first-order chi connectivity index (χ1) is 17.0. The van der Waals surface area contributed by atoms with Crippen LogP contribution in [0.3, 0.4) is 0 Å². The molecule has 11 heteroatoms. The normalized spacial score (nSPS) is 16.2. The van der Waals surface area contributed by atoms with Gasteiger partial charge in [0.05, 0.1) is 20.0 Å². The third-order valence-corrected chi connectivity index (χ3v) is 10.7. The summed E-state index contributed by atoms with van der Waals surface area (Å²) in [6, 6.07) is 10.8. The molecule has 0 saturated heterocycles. The van der Waals surface area contributed by atoms with Crippen molar-refractivity contribution >= 4 is 47.3 Å². The molecule has 194 valence electrons. The first kappa shape index (κ1) is 26.7. The number of rotatable bonds is 7. The Hall–Kier alpha value is -2.34. The van der Waals surface area contributed by atoms with Gasteiger partial charge in [0, 0.05) is 31.5 Å². The molecular weight excluding hydrogens is 518 g/mol.